The monoisotopic (exact) mass is 495 g/mol. The Morgan fingerprint density at radius 1 is 0.943 bits per heavy atom. The lowest BCUT2D eigenvalue weighted by Gasteiger charge is -2.24. The maximum Gasteiger partial charge on any atom is 0.295 e. The first-order valence-corrected chi connectivity index (χ1v) is 11.7. The maximum absolute atomic E-state index is 13.1. The Morgan fingerprint density at radius 3 is 2.26 bits per heavy atom. The Kier molecular flexibility index (Phi) is 7.26. The van der Waals surface area contributed by atoms with E-state index in [1.807, 2.05) is 17.5 Å². The number of nitrogens with zero attached hydrogens (tertiary/aromatic N) is 1. The highest BCUT2D eigenvalue weighted by Gasteiger charge is 2.46. The van der Waals surface area contributed by atoms with E-state index in [1.54, 1.807) is 49.6 Å². The lowest BCUT2D eigenvalue weighted by molar-refractivity contribution is -0.140. The van der Waals surface area contributed by atoms with Gasteiger partial charge >= 0.3 is 0 Å². The largest absolute Gasteiger partial charge is 0.507 e. The van der Waals surface area contributed by atoms with Crippen molar-refractivity contribution >= 4 is 28.8 Å². The molecule has 4 rings (SSSR count). The quantitative estimate of drug-likeness (QED) is 0.269. The van der Waals surface area contributed by atoms with Gasteiger partial charge in [-0.25, -0.2) is 0 Å². The molecule has 0 bridgehead atoms. The predicted molar refractivity (Wildman–Crippen MR) is 131 cm³/mol. The molecular formula is C26H25NO7S. The summed E-state index contributed by atoms with van der Waals surface area (Å²) in [6.45, 7) is 0.308. The summed E-state index contributed by atoms with van der Waals surface area (Å²) in [5.41, 5.74) is 0.299. The summed E-state index contributed by atoms with van der Waals surface area (Å²) in [6, 6.07) is 14.8. The van der Waals surface area contributed by atoms with Crippen LogP contribution < -0.4 is 18.9 Å². The van der Waals surface area contributed by atoms with Crippen LogP contribution in [-0.4, -0.2) is 56.2 Å². The predicted octanol–water partition coefficient (Wildman–Crippen LogP) is 4.27. The summed E-state index contributed by atoms with van der Waals surface area (Å²) < 4.78 is 21.6. The van der Waals surface area contributed by atoms with E-state index in [0.29, 0.717) is 28.6 Å². The smallest absolute Gasteiger partial charge is 0.295 e. The number of ether oxygens (including phenoxy) is 4. The zero-order valence-electron chi connectivity index (χ0n) is 19.5. The summed E-state index contributed by atoms with van der Waals surface area (Å²) in [4.78, 5) is 28.4. The molecule has 8 nitrogen and oxygen atoms in total. The van der Waals surface area contributed by atoms with Crippen molar-refractivity contribution < 1.29 is 33.6 Å². The second-order valence-corrected chi connectivity index (χ2v) is 8.58. The summed E-state index contributed by atoms with van der Waals surface area (Å²) in [7, 11) is 4.56. The van der Waals surface area contributed by atoms with Crippen LogP contribution in [0.15, 0.2) is 65.6 Å². The topological polar surface area (TPSA) is 94.5 Å². The number of aliphatic hydroxyl groups excluding tert-OH is 1. The molecule has 1 aliphatic rings. The SMILES string of the molecule is COc1ccc(OCCN2C(=O)C(=O)/C(=C(\O)c3ccc(OC)cc3OC)C2c2cccs2)cc1. The first-order chi connectivity index (χ1) is 17.0. The van der Waals surface area contributed by atoms with Crippen molar-refractivity contribution in [3.05, 3.63) is 76.0 Å². The highest BCUT2D eigenvalue weighted by molar-refractivity contribution is 7.10. The Balaban J connectivity index is 1.66. The van der Waals surface area contributed by atoms with Gasteiger partial charge in [-0.2, -0.15) is 0 Å². The summed E-state index contributed by atoms with van der Waals surface area (Å²) in [6.07, 6.45) is 0. The van der Waals surface area contributed by atoms with Crippen molar-refractivity contribution in [3.63, 3.8) is 0 Å². The van der Waals surface area contributed by atoms with E-state index in [-0.39, 0.29) is 24.5 Å². The van der Waals surface area contributed by atoms with Gasteiger partial charge in [0.25, 0.3) is 11.7 Å². The minimum atomic E-state index is -0.761. The number of methoxy groups -OCH3 is 3. The fourth-order valence-corrected chi connectivity index (χ4v) is 4.77. The molecule has 0 aliphatic carbocycles. The van der Waals surface area contributed by atoms with Crippen molar-refractivity contribution in [2.45, 2.75) is 6.04 Å². The number of rotatable bonds is 9. The van der Waals surface area contributed by atoms with Gasteiger partial charge in [0, 0.05) is 10.9 Å². The molecule has 0 radical (unpaired) electrons. The molecule has 1 aromatic heterocycles. The van der Waals surface area contributed by atoms with E-state index < -0.39 is 17.7 Å². The second-order valence-electron chi connectivity index (χ2n) is 7.60. The molecule has 1 saturated heterocycles. The van der Waals surface area contributed by atoms with Gasteiger partial charge in [-0.1, -0.05) is 6.07 Å². The molecule has 2 heterocycles. The van der Waals surface area contributed by atoms with Crippen LogP contribution in [0, 0.1) is 0 Å². The third-order valence-corrected chi connectivity index (χ3v) is 6.60. The maximum atomic E-state index is 13.1. The van der Waals surface area contributed by atoms with Crippen LogP contribution in [0.1, 0.15) is 16.5 Å². The molecule has 1 amide bonds. The zero-order chi connectivity index (χ0) is 24.9. The van der Waals surface area contributed by atoms with Gasteiger partial charge < -0.3 is 29.0 Å². The molecule has 182 valence electrons. The number of likely N-dealkylation sites (tertiary alicyclic amines) is 1. The molecular weight excluding hydrogens is 470 g/mol. The highest BCUT2D eigenvalue weighted by Crippen LogP contribution is 2.42. The molecule has 1 fully saturated rings. The Hall–Kier alpha value is -3.98. The number of benzene rings is 2. The van der Waals surface area contributed by atoms with E-state index in [1.165, 1.54) is 30.5 Å². The number of carbonyl (C=O) groups is 2. The molecule has 1 N–H and O–H groups in total. The number of hydrogen-bond donors (Lipinski definition) is 1. The molecule has 0 spiro atoms. The van der Waals surface area contributed by atoms with E-state index in [2.05, 4.69) is 0 Å². The first kappa shape index (κ1) is 24.2. The minimum absolute atomic E-state index is 0.00497. The van der Waals surface area contributed by atoms with Gasteiger partial charge in [-0.15, -0.1) is 11.3 Å². The number of amides is 1. The van der Waals surface area contributed by atoms with E-state index in [0.717, 1.165) is 4.88 Å². The van der Waals surface area contributed by atoms with Crippen molar-refractivity contribution in [1.29, 1.82) is 0 Å². The third-order valence-electron chi connectivity index (χ3n) is 5.68. The van der Waals surface area contributed by atoms with Crippen molar-refractivity contribution in [1.82, 2.24) is 4.90 Å². The molecule has 1 aliphatic heterocycles. The molecule has 1 atom stereocenters. The lowest BCUT2D eigenvalue weighted by Crippen LogP contribution is -2.33. The number of Topliss-reactive ketones (excluding diaryl/α,β-unsaturated/α-hetero) is 1. The van der Waals surface area contributed by atoms with Crippen LogP contribution in [0.3, 0.4) is 0 Å². The molecule has 2 aromatic carbocycles. The van der Waals surface area contributed by atoms with E-state index in [4.69, 9.17) is 18.9 Å². The van der Waals surface area contributed by atoms with Crippen LogP contribution >= 0.6 is 11.3 Å². The Labute approximate surface area is 206 Å². The van der Waals surface area contributed by atoms with Gasteiger partial charge in [0.05, 0.1) is 45.1 Å². The van der Waals surface area contributed by atoms with Crippen LogP contribution in [0.5, 0.6) is 23.0 Å². The summed E-state index contributed by atoms with van der Waals surface area (Å²) in [5, 5.41) is 13.1. The van der Waals surface area contributed by atoms with E-state index in [9.17, 15) is 14.7 Å². The lowest BCUT2D eigenvalue weighted by atomic mass is 9.99. The molecule has 3 aromatic rings. The first-order valence-electron chi connectivity index (χ1n) is 10.8. The number of ketones is 1. The number of aliphatic hydroxyl groups is 1. The normalized spacial score (nSPS) is 16.9. The van der Waals surface area contributed by atoms with Gasteiger partial charge in [0.1, 0.15) is 35.4 Å². The Bertz CT molecular complexity index is 1240. The van der Waals surface area contributed by atoms with Crippen LogP contribution in [0.2, 0.25) is 0 Å². The molecule has 9 heteroatoms. The average molecular weight is 496 g/mol. The fraction of sp³-hybridized carbons (Fsp3) is 0.231. The molecule has 35 heavy (non-hydrogen) atoms. The van der Waals surface area contributed by atoms with Gasteiger partial charge in [-0.3, -0.25) is 9.59 Å². The van der Waals surface area contributed by atoms with E-state index >= 15 is 0 Å². The zero-order valence-corrected chi connectivity index (χ0v) is 20.3. The number of thiophene rings is 1. The van der Waals surface area contributed by atoms with Gasteiger partial charge in [0.2, 0.25) is 0 Å². The van der Waals surface area contributed by atoms with Crippen LogP contribution in [0.4, 0.5) is 0 Å². The summed E-state index contributed by atoms with van der Waals surface area (Å²) >= 11 is 1.40. The number of hydrogen-bond acceptors (Lipinski definition) is 8. The van der Waals surface area contributed by atoms with Gasteiger partial charge in [-0.05, 0) is 47.8 Å². The highest BCUT2D eigenvalue weighted by atomic mass is 32.1. The Morgan fingerprint density at radius 2 is 1.63 bits per heavy atom. The van der Waals surface area contributed by atoms with Gasteiger partial charge in [0.15, 0.2) is 0 Å². The van der Waals surface area contributed by atoms with Crippen molar-refractivity contribution in [2.24, 2.45) is 0 Å². The van der Waals surface area contributed by atoms with Crippen molar-refractivity contribution in [2.75, 3.05) is 34.5 Å². The average Bonchev–Trinajstić information content (AvgIpc) is 3.51. The second kappa shape index (κ2) is 10.5. The van der Waals surface area contributed by atoms with Crippen LogP contribution in [0.25, 0.3) is 5.76 Å². The minimum Gasteiger partial charge on any atom is -0.507 e. The standard InChI is InChI=1S/C26H25NO7S/c1-31-16-6-8-17(9-7-16)34-13-12-27-23(21-5-4-14-35-21)22(25(29)26(27)30)24(28)19-11-10-18(32-2)15-20(19)33-3/h4-11,14-15,23,28H,12-13H2,1-3H3/b24-22-. The van der Waals surface area contributed by atoms with Crippen molar-refractivity contribution in [3.8, 4) is 23.0 Å². The molecule has 0 saturated carbocycles. The number of carbonyl (C=O) groups excluding carboxylic acids is 2. The fourth-order valence-electron chi connectivity index (χ4n) is 3.93. The van der Waals surface area contributed by atoms with Crippen LogP contribution in [-0.2, 0) is 9.59 Å². The summed E-state index contributed by atoms with van der Waals surface area (Å²) in [5.74, 6) is 0.400. The third kappa shape index (κ3) is 4.81. The molecule has 1 unspecified atom stereocenters.